The number of benzene rings is 1. The van der Waals surface area contributed by atoms with Crippen LogP contribution in [0.1, 0.15) is 5.56 Å². The monoisotopic (exact) mass is 225 g/mol. The summed E-state index contributed by atoms with van der Waals surface area (Å²) < 4.78 is 61.1. The molecule has 0 saturated heterocycles. The summed E-state index contributed by atoms with van der Waals surface area (Å²) in [5, 5.41) is 2.27. The van der Waals surface area contributed by atoms with Crippen molar-refractivity contribution in [3.05, 3.63) is 35.1 Å². The van der Waals surface area contributed by atoms with Gasteiger partial charge >= 0.3 is 0 Å². The molecule has 0 unspecified atom stereocenters. The molecule has 0 aromatic heterocycles. The first-order valence-electron chi connectivity index (χ1n) is 4.13. The van der Waals surface area contributed by atoms with Crippen LogP contribution < -0.4 is 5.32 Å². The van der Waals surface area contributed by atoms with Gasteiger partial charge in [-0.05, 0) is 17.7 Å². The van der Waals surface area contributed by atoms with E-state index in [0.29, 0.717) is 0 Å². The van der Waals surface area contributed by atoms with Crippen molar-refractivity contribution in [2.24, 2.45) is 0 Å². The largest absolute Gasteiger partial charge is 0.307 e. The number of halogens is 5. The lowest BCUT2D eigenvalue weighted by molar-refractivity contribution is 0.145. The van der Waals surface area contributed by atoms with Gasteiger partial charge < -0.3 is 5.32 Å². The lowest BCUT2D eigenvalue weighted by Gasteiger charge is -2.05. The van der Waals surface area contributed by atoms with Crippen molar-refractivity contribution in [2.45, 2.75) is 13.0 Å². The van der Waals surface area contributed by atoms with Crippen molar-refractivity contribution in [1.82, 2.24) is 5.32 Å². The molecule has 1 nitrogen and oxygen atoms in total. The minimum absolute atomic E-state index is 0.0760. The highest BCUT2D eigenvalue weighted by Crippen LogP contribution is 2.13. The maximum Gasteiger partial charge on any atom is 0.250 e. The molecule has 0 heterocycles. The Morgan fingerprint density at radius 2 is 1.60 bits per heavy atom. The molecule has 0 radical (unpaired) electrons. The summed E-state index contributed by atoms with van der Waals surface area (Å²) in [7, 11) is 0. The Balaban J connectivity index is 2.63. The molecule has 0 spiro atoms. The number of hydrogen-bond acceptors (Lipinski definition) is 1. The van der Waals surface area contributed by atoms with Crippen molar-refractivity contribution >= 4 is 0 Å². The smallest absolute Gasteiger partial charge is 0.250 e. The predicted molar refractivity (Wildman–Crippen MR) is 44.0 cm³/mol. The maximum atomic E-state index is 12.6. The normalized spacial score (nSPS) is 11.1. The van der Waals surface area contributed by atoms with E-state index in [1.807, 2.05) is 0 Å². The van der Waals surface area contributed by atoms with Gasteiger partial charge in [0.2, 0.25) is 0 Å². The second kappa shape index (κ2) is 5.06. The van der Waals surface area contributed by atoms with Gasteiger partial charge in [0.1, 0.15) is 0 Å². The van der Waals surface area contributed by atoms with Gasteiger partial charge in [0.25, 0.3) is 6.43 Å². The number of hydrogen-bond donors (Lipinski definition) is 1. The molecule has 0 atom stereocenters. The van der Waals surface area contributed by atoms with E-state index in [2.05, 4.69) is 5.32 Å². The van der Waals surface area contributed by atoms with Crippen LogP contribution in [0.4, 0.5) is 22.0 Å². The maximum absolute atomic E-state index is 12.6. The second-order valence-electron chi connectivity index (χ2n) is 2.90. The zero-order chi connectivity index (χ0) is 11.4. The van der Waals surface area contributed by atoms with Gasteiger partial charge in [-0.3, -0.25) is 0 Å². The average Bonchev–Trinajstić information content (AvgIpc) is 2.13. The summed E-state index contributed by atoms with van der Waals surface area (Å²) in [4.78, 5) is 0. The summed E-state index contributed by atoms with van der Waals surface area (Å²) >= 11 is 0. The van der Waals surface area contributed by atoms with Crippen LogP contribution in [0.3, 0.4) is 0 Å². The molecule has 1 aromatic rings. The first-order valence-corrected chi connectivity index (χ1v) is 4.13. The highest BCUT2D eigenvalue weighted by atomic mass is 19.3. The zero-order valence-corrected chi connectivity index (χ0v) is 7.54. The van der Waals surface area contributed by atoms with Gasteiger partial charge in [0.05, 0.1) is 6.54 Å². The van der Waals surface area contributed by atoms with Gasteiger partial charge in [0, 0.05) is 6.54 Å². The van der Waals surface area contributed by atoms with Crippen LogP contribution in [0.5, 0.6) is 0 Å². The Morgan fingerprint density at radius 1 is 1.07 bits per heavy atom. The van der Waals surface area contributed by atoms with Gasteiger partial charge in [-0.25, -0.2) is 22.0 Å². The van der Waals surface area contributed by atoms with Gasteiger partial charge in [-0.15, -0.1) is 0 Å². The fourth-order valence-corrected chi connectivity index (χ4v) is 1.04. The molecule has 1 rings (SSSR count). The summed E-state index contributed by atoms with van der Waals surface area (Å²) in [5.41, 5.74) is 0.0760. The van der Waals surface area contributed by atoms with Crippen LogP contribution in [0.15, 0.2) is 12.1 Å². The van der Waals surface area contributed by atoms with E-state index in [4.69, 9.17) is 0 Å². The van der Waals surface area contributed by atoms with Crippen molar-refractivity contribution in [3.8, 4) is 0 Å². The Bertz CT molecular complexity index is 316. The molecule has 0 aliphatic heterocycles. The summed E-state index contributed by atoms with van der Waals surface area (Å²) in [6.07, 6.45) is -2.54. The molecule has 0 fully saturated rings. The molecule has 0 amide bonds. The molecule has 0 aliphatic rings. The fraction of sp³-hybridized carbons (Fsp3) is 0.333. The summed E-state index contributed by atoms with van der Waals surface area (Å²) in [6.45, 7) is -0.723. The average molecular weight is 225 g/mol. The van der Waals surface area contributed by atoms with Gasteiger partial charge in [-0.1, -0.05) is 0 Å². The van der Waals surface area contributed by atoms with E-state index in [1.54, 1.807) is 0 Å². The van der Waals surface area contributed by atoms with Gasteiger partial charge in [0.15, 0.2) is 17.5 Å². The number of nitrogens with one attached hydrogen (secondary N) is 1. The van der Waals surface area contributed by atoms with Crippen molar-refractivity contribution in [3.63, 3.8) is 0 Å². The fourth-order valence-electron chi connectivity index (χ4n) is 1.04. The Kier molecular flexibility index (Phi) is 4.02. The van der Waals surface area contributed by atoms with E-state index in [-0.39, 0.29) is 12.1 Å². The third-order valence-electron chi connectivity index (χ3n) is 1.67. The molecular formula is C9H8F5N. The quantitative estimate of drug-likeness (QED) is 0.613. The first-order chi connectivity index (χ1) is 7.00. The Morgan fingerprint density at radius 3 is 2.07 bits per heavy atom. The van der Waals surface area contributed by atoms with Crippen molar-refractivity contribution in [2.75, 3.05) is 6.54 Å². The highest BCUT2D eigenvalue weighted by Gasteiger charge is 2.10. The van der Waals surface area contributed by atoms with E-state index >= 15 is 0 Å². The van der Waals surface area contributed by atoms with Crippen LogP contribution in [-0.4, -0.2) is 13.0 Å². The van der Waals surface area contributed by atoms with Crippen LogP contribution in [0, 0.1) is 17.5 Å². The minimum atomic E-state index is -2.54. The molecule has 84 valence electrons. The van der Waals surface area contributed by atoms with E-state index < -0.39 is 30.4 Å². The topological polar surface area (TPSA) is 12.0 Å². The van der Waals surface area contributed by atoms with Crippen molar-refractivity contribution in [1.29, 1.82) is 0 Å². The van der Waals surface area contributed by atoms with E-state index in [0.717, 1.165) is 12.1 Å². The van der Waals surface area contributed by atoms with Crippen molar-refractivity contribution < 1.29 is 22.0 Å². The lowest BCUT2D eigenvalue weighted by atomic mass is 10.2. The van der Waals surface area contributed by atoms with Crippen LogP contribution in [0.2, 0.25) is 0 Å². The zero-order valence-electron chi connectivity index (χ0n) is 7.54. The molecule has 0 aliphatic carbocycles. The second-order valence-corrected chi connectivity index (χ2v) is 2.90. The summed E-state index contributed by atoms with van der Waals surface area (Å²) in [6, 6.07) is 1.52. The molecule has 6 heteroatoms. The Labute approximate surface area is 82.9 Å². The van der Waals surface area contributed by atoms with E-state index in [1.165, 1.54) is 0 Å². The number of rotatable bonds is 4. The van der Waals surface area contributed by atoms with Crippen LogP contribution in [0.25, 0.3) is 0 Å². The first kappa shape index (κ1) is 11.9. The third kappa shape index (κ3) is 3.47. The predicted octanol–water partition coefficient (Wildman–Crippen LogP) is 2.46. The molecule has 0 bridgehead atoms. The van der Waals surface area contributed by atoms with Crippen LogP contribution in [-0.2, 0) is 6.54 Å². The molecule has 1 aromatic carbocycles. The molecule has 1 N–H and O–H groups in total. The molecular weight excluding hydrogens is 217 g/mol. The Hall–Kier alpha value is -1.17. The third-order valence-corrected chi connectivity index (χ3v) is 1.67. The standard InChI is InChI=1S/C9H8F5N/c10-6-1-5(2-7(11)9(6)14)3-15-4-8(12)13/h1-2,8,15H,3-4H2. The molecule has 0 saturated carbocycles. The lowest BCUT2D eigenvalue weighted by Crippen LogP contribution is -2.20. The SMILES string of the molecule is Fc1cc(CNCC(F)F)cc(F)c1F. The minimum Gasteiger partial charge on any atom is -0.307 e. The number of alkyl halides is 2. The summed E-state index contributed by atoms with van der Waals surface area (Å²) in [5.74, 6) is -4.22. The van der Waals surface area contributed by atoms with Crippen LogP contribution >= 0.6 is 0 Å². The molecule has 15 heavy (non-hydrogen) atoms. The van der Waals surface area contributed by atoms with E-state index in [9.17, 15) is 22.0 Å². The highest BCUT2D eigenvalue weighted by molar-refractivity contribution is 5.19. The van der Waals surface area contributed by atoms with Gasteiger partial charge in [-0.2, -0.15) is 0 Å².